The van der Waals surface area contributed by atoms with E-state index in [4.69, 9.17) is 16.6 Å². The Morgan fingerprint density at radius 1 is 1.16 bits per heavy atom. The molecule has 9 heteroatoms. The first-order chi connectivity index (χ1) is 15.3. The van der Waals surface area contributed by atoms with Crippen LogP contribution < -0.4 is 4.90 Å². The Bertz CT molecular complexity index is 1400. The van der Waals surface area contributed by atoms with Crippen molar-refractivity contribution in [2.24, 2.45) is 0 Å². The van der Waals surface area contributed by atoms with Gasteiger partial charge in [0.2, 0.25) is 0 Å². The average molecular weight is 486 g/mol. The second kappa shape index (κ2) is 8.97. The molecule has 6 nitrogen and oxygen atoms in total. The summed E-state index contributed by atoms with van der Waals surface area (Å²) >= 11 is 7.55. The van der Waals surface area contributed by atoms with Crippen LogP contribution in [-0.4, -0.2) is 30.0 Å². The first kappa shape index (κ1) is 22.4. The molecule has 32 heavy (non-hydrogen) atoms. The highest BCUT2D eigenvalue weighted by Crippen LogP contribution is 2.35. The van der Waals surface area contributed by atoms with E-state index in [0.717, 1.165) is 21.3 Å². The van der Waals surface area contributed by atoms with Crippen LogP contribution in [0.15, 0.2) is 65.8 Å². The van der Waals surface area contributed by atoms with E-state index in [1.54, 1.807) is 37.5 Å². The van der Waals surface area contributed by atoms with Crippen LogP contribution in [0.1, 0.15) is 28.4 Å². The number of hydrogen-bond donors (Lipinski definition) is 0. The lowest BCUT2D eigenvalue weighted by molar-refractivity contribution is 0.0982. The van der Waals surface area contributed by atoms with Gasteiger partial charge in [-0.1, -0.05) is 48.1 Å². The minimum Gasteiger partial charge on any atom is -0.279 e. The second-order valence-electron chi connectivity index (χ2n) is 7.22. The molecule has 0 aliphatic carbocycles. The van der Waals surface area contributed by atoms with E-state index >= 15 is 0 Å². The van der Waals surface area contributed by atoms with Crippen LogP contribution in [0.4, 0.5) is 5.13 Å². The predicted molar refractivity (Wildman–Crippen MR) is 128 cm³/mol. The number of carbonyl (C=O) groups is 1. The van der Waals surface area contributed by atoms with Crippen LogP contribution in [0.25, 0.3) is 10.2 Å². The van der Waals surface area contributed by atoms with Crippen molar-refractivity contribution in [2.45, 2.75) is 25.3 Å². The Hall–Kier alpha value is -2.81. The molecule has 4 aromatic rings. The molecule has 2 aromatic heterocycles. The Balaban J connectivity index is 1.86. The van der Waals surface area contributed by atoms with Crippen molar-refractivity contribution in [1.82, 2.24) is 9.97 Å². The fourth-order valence-electron chi connectivity index (χ4n) is 3.37. The maximum atomic E-state index is 13.7. The van der Waals surface area contributed by atoms with E-state index in [1.165, 1.54) is 28.4 Å². The fourth-order valence-corrected chi connectivity index (χ4v) is 5.88. The Kier molecular flexibility index (Phi) is 6.28. The third-order valence-corrected chi connectivity index (χ3v) is 8.04. The summed E-state index contributed by atoms with van der Waals surface area (Å²) in [5.74, 6) is -0.539. The third kappa shape index (κ3) is 4.39. The SMILES string of the molecule is CCS(=O)(=O)c1ccccc1C(=O)N(Cc1cccnc1)c1nc2c(C)cc(Cl)cc2s1. The number of aryl methyl sites for hydroxylation is 1. The Morgan fingerprint density at radius 2 is 1.94 bits per heavy atom. The van der Waals surface area contributed by atoms with E-state index in [0.29, 0.717) is 10.2 Å². The molecule has 2 aromatic carbocycles. The number of fused-ring (bicyclic) bond motifs is 1. The van der Waals surface area contributed by atoms with Crippen LogP contribution in [0.5, 0.6) is 0 Å². The van der Waals surface area contributed by atoms with Gasteiger partial charge in [-0.2, -0.15) is 0 Å². The first-order valence-corrected chi connectivity index (χ1v) is 12.7. The van der Waals surface area contributed by atoms with E-state index in [9.17, 15) is 13.2 Å². The van der Waals surface area contributed by atoms with Gasteiger partial charge in [0.1, 0.15) is 0 Å². The molecule has 0 saturated carbocycles. The summed E-state index contributed by atoms with van der Waals surface area (Å²) in [5.41, 5.74) is 2.57. The molecule has 1 amide bonds. The molecular formula is C23H20ClN3O3S2. The van der Waals surface area contributed by atoms with E-state index in [1.807, 2.05) is 25.1 Å². The summed E-state index contributed by atoms with van der Waals surface area (Å²) in [5, 5.41) is 1.05. The largest absolute Gasteiger partial charge is 0.279 e. The molecule has 0 unspecified atom stereocenters. The van der Waals surface area contributed by atoms with Crippen molar-refractivity contribution in [3.05, 3.63) is 82.6 Å². The number of nitrogens with zero attached hydrogens (tertiary/aromatic N) is 3. The number of pyridine rings is 1. The molecule has 0 radical (unpaired) electrons. The highest BCUT2D eigenvalue weighted by molar-refractivity contribution is 7.91. The summed E-state index contributed by atoms with van der Waals surface area (Å²) < 4.78 is 26.2. The molecule has 164 valence electrons. The van der Waals surface area contributed by atoms with Crippen LogP contribution in [0, 0.1) is 6.92 Å². The molecule has 4 rings (SSSR count). The summed E-state index contributed by atoms with van der Waals surface area (Å²) in [6, 6.07) is 13.6. The van der Waals surface area contributed by atoms with Crippen LogP contribution in [0.3, 0.4) is 0 Å². The molecular weight excluding hydrogens is 466 g/mol. The second-order valence-corrected chi connectivity index (χ2v) is 10.9. The van der Waals surface area contributed by atoms with E-state index < -0.39 is 15.7 Å². The number of hydrogen-bond acceptors (Lipinski definition) is 6. The topological polar surface area (TPSA) is 80.2 Å². The third-order valence-electron chi connectivity index (χ3n) is 5.01. The molecule has 0 saturated heterocycles. The molecule has 0 N–H and O–H groups in total. The zero-order valence-corrected chi connectivity index (χ0v) is 19.8. The number of sulfone groups is 1. The minimum atomic E-state index is -3.59. The molecule has 0 fully saturated rings. The van der Waals surface area contributed by atoms with Gasteiger partial charge in [0.15, 0.2) is 15.0 Å². The van der Waals surface area contributed by atoms with Crippen molar-refractivity contribution < 1.29 is 13.2 Å². The summed E-state index contributed by atoms with van der Waals surface area (Å²) in [6.07, 6.45) is 3.33. The molecule has 2 heterocycles. The molecule has 0 spiro atoms. The standard InChI is InChI=1S/C23H20ClN3O3S2/c1-3-32(29,30)20-9-5-4-8-18(20)22(28)27(14-16-7-6-10-25-13-16)23-26-21-15(2)11-17(24)12-19(21)31-23/h4-13H,3,14H2,1-2H3. The lowest BCUT2D eigenvalue weighted by atomic mass is 10.2. The van der Waals surface area contributed by atoms with Crippen LogP contribution >= 0.6 is 22.9 Å². The number of halogens is 1. The van der Waals surface area contributed by atoms with Crippen molar-refractivity contribution in [3.63, 3.8) is 0 Å². The molecule has 0 aliphatic heterocycles. The number of benzene rings is 2. The molecule has 0 bridgehead atoms. The normalized spacial score (nSPS) is 11.6. The highest BCUT2D eigenvalue weighted by Gasteiger charge is 2.27. The predicted octanol–water partition coefficient (Wildman–Crippen LogP) is 5.29. The smallest absolute Gasteiger partial charge is 0.261 e. The summed E-state index contributed by atoms with van der Waals surface area (Å²) in [7, 11) is -3.59. The number of aromatic nitrogens is 2. The van der Waals surface area contributed by atoms with E-state index in [2.05, 4.69) is 4.98 Å². The molecule has 0 atom stereocenters. The summed E-state index contributed by atoms with van der Waals surface area (Å²) in [6.45, 7) is 3.66. The van der Waals surface area contributed by atoms with E-state index in [-0.39, 0.29) is 22.8 Å². The van der Waals surface area contributed by atoms with Gasteiger partial charge in [0.25, 0.3) is 5.91 Å². The van der Waals surface area contributed by atoms with Crippen LogP contribution in [0.2, 0.25) is 5.02 Å². The monoisotopic (exact) mass is 485 g/mol. The average Bonchev–Trinajstić information content (AvgIpc) is 3.22. The summed E-state index contributed by atoms with van der Waals surface area (Å²) in [4.78, 5) is 24.1. The maximum absolute atomic E-state index is 13.7. The first-order valence-electron chi connectivity index (χ1n) is 9.89. The number of carbonyl (C=O) groups excluding carboxylic acids is 1. The van der Waals surface area contributed by atoms with Gasteiger partial charge in [-0.05, 0) is 48.4 Å². The van der Waals surface area contributed by atoms with Crippen molar-refractivity contribution in [1.29, 1.82) is 0 Å². The number of thiazole rings is 1. The van der Waals surface area contributed by atoms with Gasteiger partial charge in [-0.25, -0.2) is 13.4 Å². The quantitative estimate of drug-likeness (QED) is 0.370. The van der Waals surface area contributed by atoms with Gasteiger partial charge in [-0.15, -0.1) is 0 Å². The fraction of sp³-hybridized carbons (Fsp3) is 0.174. The number of rotatable bonds is 6. The minimum absolute atomic E-state index is 0.0176. The maximum Gasteiger partial charge on any atom is 0.261 e. The Morgan fingerprint density at radius 3 is 2.66 bits per heavy atom. The van der Waals surface area contributed by atoms with Crippen molar-refractivity contribution >= 4 is 54.0 Å². The zero-order valence-electron chi connectivity index (χ0n) is 17.4. The van der Waals surface area contributed by atoms with Crippen molar-refractivity contribution in [2.75, 3.05) is 10.7 Å². The highest BCUT2D eigenvalue weighted by atomic mass is 35.5. The van der Waals surface area contributed by atoms with Gasteiger partial charge in [-0.3, -0.25) is 14.7 Å². The lowest BCUT2D eigenvalue weighted by Gasteiger charge is -2.21. The van der Waals surface area contributed by atoms with Gasteiger partial charge in [0.05, 0.1) is 33.0 Å². The van der Waals surface area contributed by atoms with Crippen molar-refractivity contribution in [3.8, 4) is 0 Å². The van der Waals surface area contributed by atoms with Crippen LogP contribution in [-0.2, 0) is 16.4 Å². The number of anilines is 1. The molecule has 0 aliphatic rings. The Labute approximate surface area is 195 Å². The van der Waals surface area contributed by atoms with Gasteiger partial charge in [0, 0.05) is 17.4 Å². The number of amides is 1. The van der Waals surface area contributed by atoms with Gasteiger partial charge >= 0.3 is 0 Å². The zero-order chi connectivity index (χ0) is 22.9. The van der Waals surface area contributed by atoms with Gasteiger partial charge < -0.3 is 0 Å². The lowest BCUT2D eigenvalue weighted by Crippen LogP contribution is -2.31.